The van der Waals surface area contributed by atoms with Crippen molar-refractivity contribution in [2.75, 3.05) is 11.4 Å². The number of rotatable bonds is 8. The quantitative estimate of drug-likeness (QED) is 0.437. The number of halogens is 2. The summed E-state index contributed by atoms with van der Waals surface area (Å²) in [6, 6.07) is 15.4. The highest BCUT2D eigenvalue weighted by atomic mass is 35.5. The Bertz CT molecular complexity index is 1280. The van der Waals surface area contributed by atoms with Crippen molar-refractivity contribution < 1.29 is 14.4 Å². The second-order valence-electron chi connectivity index (χ2n) is 8.79. The molecule has 182 valence electrons. The van der Waals surface area contributed by atoms with E-state index in [1.165, 1.54) is 9.80 Å². The lowest BCUT2D eigenvalue weighted by atomic mass is 10.1. The van der Waals surface area contributed by atoms with E-state index >= 15 is 0 Å². The molecule has 4 rings (SSSR count). The Morgan fingerprint density at radius 3 is 2.29 bits per heavy atom. The lowest BCUT2D eigenvalue weighted by Gasteiger charge is -2.31. The summed E-state index contributed by atoms with van der Waals surface area (Å²) in [5.41, 5.74) is 1.79. The number of amides is 3. The Morgan fingerprint density at radius 1 is 1.00 bits per heavy atom. The highest BCUT2D eigenvalue weighted by molar-refractivity contribution is 6.36. The van der Waals surface area contributed by atoms with Gasteiger partial charge in [0.2, 0.25) is 11.8 Å². The van der Waals surface area contributed by atoms with Gasteiger partial charge >= 0.3 is 0 Å². The van der Waals surface area contributed by atoms with Crippen LogP contribution in [0.25, 0.3) is 10.8 Å². The van der Waals surface area contributed by atoms with Crippen molar-refractivity contribution in [2.24, 2.45) is 0 Å². The first-order valence-corrected chi connectivity index (χ1v) is 12.3. The van der Waals surface area contributed by atoms with Crippen LogP contribution in [-0.4, -0.2) is 41.2 Å². The lowest BCUT2D eigenvalue weighted by Crippen LogP contribution is -2.52. The molecule has 0 aliphatic carbocycles. The molecule has 35 heavy (non-hydrogen) atoms. The van der Waals surface area contributed by atoms with Gasteiger partial charge in [-0.05, 0) is 49.9 Å². The summed E-state index contributed by atoms with van der Waals surface area (Å²) >= 11 is 12.8. The van der Waals surface area contributed by atoms with Gasteiger partial charge in [0, 0.05) is 39.1 Å². The van der Waals surface area contributed by atoms with Crippen molar-refractivity contribution in [3.63, 3.8) is 0 Å². The van der Waals surface area contributed by atoms with Gasteiger partial charge in [-0.1, -0.05) is 60.5 Å². The molecular weight excluding hydrogens is 485 g/mol. The van der Waals surface area contributed by atoms with E-state index in [4.69, 9.17) is 23.2 Å². The standard InChI is InChI=1S/C27H27Cl2N3O3/c1-4-16(2)30-26(34)17(3)31(14-20-21(28)11-7-12-22(20)29)24(33)15-32-23-13-6-9-18-8-5-10-19(25(18)23)27(32)35/h5-13,16-17H,4,14-15H2,1-3H3,(H,30,34). The van der Waals surface area contributed by atoms with Gasteiger partial charge in [0.05, 0.1) is 5.69 Å². The van der Waals surface area contributed by atoms with Crippen LogP contribution >= 0.6 is 23.2 Å². The van der Waals surface area contributed by atoms with Crippen LogP contribution < -0.4 is 10.2 Å². The van der Waals surface area contributed by atoms with Crippen molar-refractivity contribution in [2.45, 2.75) is 45.8 Å². The van der Waals surface area contributed by atoms with Gasteiger partial charge in [-0.15, -0.1) is 0 Å². The first-order chi connectivity index (χ1) is 16.7. The van der Waals surface area contributed by atoms with E-state index in [0.29, 0.717) is 26.9 Å². The number of carbonyl (C=O) groups excluding carboxylic acids is 3. The number of hydrogen-bond acceptors (Lipinski definition) is 3. The molecule has 1 aliphatic rings. The highest BCUT2D eigenvalue weighted by Gasteiger charge is 2.34. The van der Waals surface area contributed by atoms with E-state index in [0.717, 1.165) is 17.2 Å². The second-order valence-corrected chi connectivity index (χ2v) is 9.60. The maximum Gasteiger partial charge on any atom is 0.259 e. The van der Waals surface area contributed by atoms with Gasteiger partial charge in [0.1, 0.15) is 12.6 Å². The number of nitrogens with zero attached hydrogens (tertiary/aromatic N) is 2. The van der Waals surface area contributed by atoms with E-state index in [2.05, 4.69) is 5.32 Å². The summed E-state index contributed by atoms with van der Waals surface area (Å²) in [4.78, 5) is 42.8. The van der Waals surface area contributed by atoms with Gasteiger partial charge in [-0.3, -0.25) is 19.3 Å². The maximum absolute atomic E-state index is 13.7. The van der Waals surface area contributed by atoms with Gasteiger partial charge in [-0.25, -0.2) is 0 Å². The zero-order chi connectivity index (χ0) is 25.3. The zero-order valence-electron chi connectivity index (χ0n) is 19.8. The molecule has 0 radical (unpaired) electrons. The van der Waals surface area contributed by atoms with Crippen LogP contribution in [0.3, 0.4) is 0 Å². The first kappa shape index (κ1) is 25.0. The molecule has 3 aromatic carbocycles. The Morgan fingerprint density at radius 2 is 1.63 bits per heavy atom. The van der Waals surface area contributed by atoms with E-state index in [1.807, 2.05) is 44.2 Å². The Labute approximate surface area is 214 Å². The van der Waals surface area contributed by atoms with Gasteiger partial charge in [0.25, 0.3) is 5.91 Å². The fraction of sp³-hybridized carbons (Fsp3) is 0.296. The number of hydrogen-bond donors (Lipinski definition) is 1. The number of carbonyl (C=O) groups is 3. The maximum atomic E-state index is 13.7. The number of nitrogens with one attached hydrogen (secondary N) is 1. The summed E-state index contributed by atoms with van der Waals surface area (Å²) < 4.78 is 0. The molecule has 0 saturated heterocycles. The number of anilines is 1. The minimum atomic E-state index is -0.806. The predicted molar refractivity (Wildman–Crippen MR) is 140 cm³/mol. The summed E-state index contributed by atoms with van der Waals surface area (Å²) in [5.74, 6) is -0.905. The van der Waals surface area contributed by atoms with Gasteiger partial charge in [-0.2, -0.15) is 0 Å². The van der Waals surface area contributed by atoms with Crippen LogP contribution in [0, 0.1) is 0 Å². The van der Waals surface area contributed by atoms with Crippen LogP contribution in [-0.2, 0) is 16.1 Å². The van der Waals surface area contributed by atoms with Gasteiger partial charge in [0.15, 0.2) is 0 Å². The van der Waals surface area contributed by atoms with Crippen molar-refractivity contribution in [3.05, 3.63) is 75.8 Å². The molecule has 2 unspecified atom stereocenters. The molecule has 8 heteroatoms. The van der Waals surface area contributed by atoms with Crippen LogP contribution in [0.4, 0.5) is 5.69 Å². The van der Waals surface area contributed by atoms with Gasteiger partial charge < -0.3 is 10.2 Å². The molecule has 1 aliphatic heterocycles. The molecule has 0 bridgehead atoms. The molecule has 2 atom stereocenters. The highest BCUT2D eigenvalue weighted by Crippen LogP contribution is 2.37. The van der Waals surface area contributed by atoms with Crippen molar-refractivity contribution in [1.29, 1.82) is 0 Å². The molecule has 3 aromatic rings. The molecule has 1 heterocycles. The third-order valence-corrected chi connectivity index (χ3v) is 7.21. The average molecular weight is 512 g/mol. The smallest absolute Gasteiger partial charge is 0.259 e. The molecule has 0 spiro atoms. The predicted octanol–water partition coefficient (Wildman–Crippen LogP) is 5.44. The van der Waals surface area contributed by atoms with E-state index in [1.54, 1.807) is 31.2 Å². The second kappa shape index (κ2) is 10.3. The van der Waals surface area contributed by atoms with Crippen LogP contribution in [0.15, 0.2) is 54.6 Å². The largest absolute Gasteiger partial charge is 0.352 e. The molecule has 0 fully saturated rings. The molecule has 3 amide bonds. The Kier molecular flexibility index (Phi) is 7.33. The summed E-state index contributed by atoms with van der Waals surface area (Å²) in [7, 11) is 0. The Hall–Kier alpha value is -3.09. The fourth-order valence-electron chi connectivity index (χ4n) is 4.26. The van der Waals surface area contributed by atoms with Crippen LogP contribution in [0.2, 0.25) is 10.0 Å². The third-order valence-electron chi connectivity index (χ3n) is 6.50. The van der Waals surface area contributed by atoms with E-state index in [9.17, 15) is 14.4 Å². The van der Waals surface area contributed by atoms with Crippen molar-refractivity contribution in [1.82, 2.24) is 10.2 Å². The Balaban J connectivity index is 1.66. The fourth-order valence-corrected chi connectivity index (χ4v) is 4.78. The lowest BCUT2D eigenvalue weighted by molar-refractivity contribution is -0.139. The minimum absolute atomic E-state index is 0.0333. The van der Waals surface area contributed by atoms with Crippen molar-refractivity contribution >= 4 is 57.4 Å². The topological polar surface area (TPSA) is 69.7 Å². The zero-order valence-corrected chi connectivity index (χ0v) is 21.4. The molecule has 1 N–H and O–H groups in total. The third kappa shape index (κ3) is 4.86. The summed E-state index contributed by atoms with van der Waals surface area (Å²) in [6.07, 6.45) is 0.757. The van der Waals surface area contributed by atoms with E-state index in [-0.39, 0.29) is 36.9 Å². The molecular formula is C27H27Cl2N3O3. The van der Waals surface area contributed by atoms with E-state index < -0.39 is 6.04 Å². The van der Waals surface area contributed by atoms with Crippen molar-refractivity contribution in [3.8, 4) is 0 Å². The SMILES string of the molecule is CCC(C)NC(=O)C(C)N(Cc1c(Cl)cccc1Cl)C(=O)CN1C(=O)c2cccc3cccc1c23. The number of benzene rings is 3. The minimum Gasteiger partial charge on any atom is -0.352 e. The molecule has 0 aromatic heterocycles. The van der Waals surface area contributed by atoms with Crippen LogP contribution in [0.1, 0.15) is 43.1 Å². The summed E-state index contributed by atoms with van der Waals surface area (Å²) in [5, 5.41) is 5.50. The summed E-state index contributed by atoms with van der Waals surface area (Å²) in [6.45, 7) is 5.37. The van der Waals surface area contributed by atoms with Crippen LogP contribution in [0.5, 0.6) is 0 Å². The molecule has 0 saturated carbocycles. The normalized spacial score (nSPS) is 14.2. The first-order valence-electron chi connectivity index (χ1n) is 11.6. The monoisotopic (exact) mass is 511 g/mol. The average Bonchev–Trinajstić information content (AvgIpc) is 3.11. The molecule has 6 nitrogen and oxygen atoms in total.